The van der Waals surface area contributed by atoms with Gasteiger partial charge >= 0.3 is 0 Å². The highest BCUT2D eigenvalue weighted by Crippen LogP contribution is 2.28. The van der Waals surface area contributed by atoms with Crippen LogP contribution in [-0.2, 0) is 4.79 Å². The van der Waals surface area contributed by atoms with Gasteiger partial charge in [-0.1, -0.05) is 19.3 Å². The number of likely N-dealkylation sites (tertiary alicyclic amines) is 1. The Morgan fingerprint density at radius 3 is 2.32 bits per heavy atom. The molecule has 118 valence electrons. The van der Waals surface area contributed by atoms with Crippen molar-refractivity contribution in [3.8, 4) is 0 Å². The Hall–Kier alpha value is -1.71. The SMILES string of the molecule is O=C(c1ccc(F)cc1)C1CCN(C(=O)C2CCCCC2)C1. The van der Waals surface area contributed by atoms with Gasteiger partial charge in [-0.3, -0.25) is 9.59 Å². The highest BCUT2D eigenvalue weighted by molar-refractivity contribution is 5.98. The lowest BCUT2D eigenvalue weighted by atomic mass is 9.88. The van der Waals surface area contributed by atoms with Gasteiger partial charge in [-0.25, -0.2) is 4.39 Å². The molecule has 1 aliphatic carbocycles. The van der Waals surface area contributed by atoms with E-state index in [-0.39, 0.29) is 29.3 Å². The van der Waals surface area contributed by atoms with Gasteiger partial charge in [-0.15, -0.1) is 0 Å². The van der Waals surface area contributed by atoms with Crippen molar-refractivity contribution >= 4 is 11.7 Å². The first-order valence-electron chi connectivity index (χ1n) is 8.24. The molecule has 0 aromatic heterocycles. The van der Waals surface area contributed by atoms with Crippen LogP contribution in [0.1, 0.15) is 48.9 Å². The first-order valence-corrected chi connectivity index (χ1v) is 8.24. The fourth-order valence-corrected chi connectivity index (χ4v) is 3.63. The lowest BCUT2D eigenvalue weighted by Gasteiger charge is -2.26. The number of halogens is 1. The molecule has 0 N–H and O–H groups in total. The van der Waals surface area contributed by atoms with Crippen LogP contribution in [0.25, 0.3) is 0 Å². The fraction of sp³-hybridized carbons (Fsp3) is 0.556. The number of rotatable bonds is 3. The summed E-state index contributed by atoms with van der Waals surface area (Å²) in [5, 5.41) is 0. The monoisotopic (exact) mass is 303 g/mol. The van der Waals surface area contributed by atoms with Gasteiger partial charge in [0.05, 0.1) is 0 Å². The molecule has 0 radical (unpaired) electrons. The first kappa shape index (κ1) is 15.2. The largest absolute Gasteiger partial charge is 0.342 e. The first-order chi connectivity index (χ1) is 10.6. The molecule has 0 spiro atoms. The van der Waals surface area contributed by atoms with Gasteiger partial charge in [0.1, 0.15) is 5.82 Å². The molecule has 2 fully saturated rings. The molecule has 1 saturated carbocycles. The Balaban J connectivity index is 1.60. The minimum absolute atomic E-state index is 0.0268. The Morgan fingerprint density at radius 2 is 1.64 bits per heavy atom. The molecule has 1 amide bonds. The van der Waals surface area contributed by atoms with Gasteiger partial charge in [0.15, 0.2) is 5.78 Å². The molecular formula is C18H22FNO2. The van der Waals surface area contributed by atoms with E-state index >= 15 is 0 Å². The molecule has 1 atom stereocenters. The van der Waals surface area contributed by atoms with Crippen LogP contribution in [0.15, 0.2) is 24.3 Å². The molecule has 1 heterocycles. The lowest BCUT2D eigenvalue weighted by Crippen LogP contribution is -2.36. The quantitative estimate of drug-likeness (QED) is 0.802. The zero-order chi connectivity index (χ0) is 15.5. The second kappa shape index (κ2) is 6.59. The van der Waals surface area contributed by atoms with Crippen molar-refractivity contribution < 1.29 is 14.0 Å². The van der Waals surface area contributed by atoms with Crippen molar-refractivity contribution in [3.05, 3.63) is 35.6 Å². The number of nitrogens with zero attached hydrogens (tertiary/aromatic N) is 1. The van der Waals surface area contributed by atoms with Gasteiger partial charge in [0.25, 0.3) is 0 Å². The Morgan fingerprint density at radius 1 is 0.955 bits per heavy atom. The summed E-state index contributed by atoms with van der Waals surface area (Å²) in [5.74, 6) is -0.0588. The molecule has 1 aliphatic heterocycles. The summed E-state index contributed by atoms with van der Waals surface area (Å²) >= 11 is 0. The van der Waals surface area contributed by atoms with Crippen molar-refractivity contribution in [2.45, 2.75) is 38.5 Å². The minimum Gasteiger partial charge on any atom is -0.342 e. The second-order valence-corrected chi connectivity index (χ2v) is 6.48. The molecule has 3 rings (SSSR count). The van der Waals surface area contributed by atoms with E-state index in [1.165, 1.54) is 30.7 Å². The van der Waals surface area contributed by atoms with Gasteiger partial charge in [0, 0.05) is 30.5 Å². The average Bonchev–Trinajstić information content (AvgIpc) is 3.05. The van der Waals surface area contributed by atoms with Crippen LogP contribution in [0.4, 0.5) is 4.39 Å². The molecule has 4 heteroatoms. The summed E-state index contributed by atoms with van der Waals surface area (Å²) in [6, 6.07) is 5.69. The zero-order valence-corrected chi connectivity index (χ0v) is 12.8. The van der Waals surface area contributed by atoms with Crippen molar-refractivity contribution in [1.82, 2.24) is 4.90 Å². The number of carbonyl (C=O) groups excluding carboxylic acids is 2. The predicted molar refractivity (Wildman–Crippen MR) is 82.0 cm³/mol. The summed E-state index contributed by atoms with van der Waals surface area (Å²) in [4.78, 5) is 26.8. The Labute approximate surface area is 130 Å². The molecule has 1 aromatic carbocycles. The minimum atomic E-state index is -0.336. The topological polar surface area (TPSA) is 37.4 Å². The molecule has 22 heavy (non-hydrogen) atoms. The van der Waals surface area contributed by atoms with Crippen LogP contribution in [0.5, 0.6) is 0 Å². The Kier molecular flexibility index (Phi) is 4.55. The molecular weight excluding hydrogens is 281 g/mol. The van der Waals surface area contributed by atoms with E-state index < -0.39 is 0 Å². The highest BCUT2D eigenvalue weighted by Gasteiger charge is 2.34. The van der Waals surface area contributed by atoms with Crippen LogP contribution in [0.2, 0.25) is 0 Å². The highest BCUT2D eigenvalue weighted by atomic mass is 19.1. The van der Waals surface area contributed by atoms with E-state index in [0.717, 1.165) is 25.7 Å². The molecule has 3 nitrogen and oxygen atoms in total. The third-order valence-electron chi connectivity index (χ3n) is 4.95. The third kappa shape index (κ3) is 3.21. The normalized spacial score (nSPS) is 22.8. The van der Waals surface area contributed by atoms with E-state index in [9.17, 15) is 14.0 Å². The maximum absolute atomic E-state index is 12.9. The maximum atomic E-state index is 12.9. The van der Waals surface area contributed by atoms with Crippen LogP contribution in [-0.4, -0.2) is 29.7 Å². The van der Waals surface area contributed by atoms with E-state index in [1.54, 1.807) is 0 Å². The summed E-state index contributed by atoms with van der Waals surface area (Å²) in [7, 11) is 0. The maximum Gasteiger partial charge on any atom is 0.225 e. The third-order valence-corrected chi connectivity index (χ3v) is 4.95. The molecule has 2 aliphatic rings. The molecule has 1 aromatic rings. The smallest absolute Gasteiger partial charge is 0.225 e. The lowest BCUT2D eigenvalue weighted by molar-refractivity contribution is -0.135. The number of ketones is 1. The van der Waals surface area contributed by atoms with E-state index in [1.807, 2.05) is 4.90 Å². The average molecular weight is 303 g/mol. The van der Waals surface area contributed by atoms with E-state index in [4.69, 9.17) is 0 Å². The Bertz CT molecular complexity index is 549. The van der Waals surface area contributed by atoms with Gasteiger partial charge < -0.3 is 4.90 Å². The van der Waals surface area contributed by atoms with E-state index in [2.05, 4.69) is 0 Å². The van der Waals surface area contributed by atoms with Crippen molar-refractivity contribution in [1.29, 1.82) is 0 Å². The van der Waals surface area contributed by atoms with Gasteiger partial charge in [-0.05, 0) is 43.5 Å². The van der Waals surface area contributed by atoms with Crippen molar-refractivity contribution in [2.24, 2.45) is 11.8 Å². The number of hydrogen-bond acceptors (Lipinski definition) is 2. The number of Topliss-reactive ketones (excluding diaryl/α,β-unsaturated/α-hetero) is 1. The standard InChI is InChI=1S/C18H22FNO2/c19-16-8-6-13(7-9-16)17(21)15-10-11-20(12-15)18(22)14-4-2-1-3-5-14/h6-9,14-15H,1-5,10-12H2. The zero-order valence-electron chi connectivity index (χ0n) is 12.8. The summed E-state index contributed by atoms with van der Waals surface area (Å²) in [5.41, 5.74) is 0.540. The summed E-state index contributed by atoms with van der Waals surface area (Å²) < 4.78 is 12.9. The molecule has 1 saturated heterocycles. The van der Waals surface area contributed by atoms with Crippen molar-refractivity contribution in [3.63, 3.8) is 0 Å². The number of hydrogen-bond donors (Lipinski definition) is 0. The van der Waals surface area contributed by atoms with Gasteiger partial charge in [0.2, 0.25) is 5.91 Å². The summed E-state index contributed by atoms with van der Waals surface area (Å²) in [6.45, 7) is 1.19. The van der Waals surface area contributed by atoms with E-state index in [0.29, 0.717) is 25.1 Å². The van der Waals surface area contributed by atoms with Crippen LogP contribution in [0, 0.1) is 17.7 Å². The predicted octanol–water partition coefficient (Wildman–Crippen LogP) is 3.44. The van der Waals surface area contributed by atoms with Gasteiger partial charge in [-0.2, -0.15) is 0 Å². The molecule has 0 bridgehead atoms. The second-order valence-electron chi connectivity index (χ2n) is 6.48. The molecule has 1 unspecified atom stereocenters. The fourth-order valence-electron chi connectivity index (χ4n) is 3.63. The van der Waals surface area contributed by atoms with Crippen LogP contribution in [0.3, 0.4) is 0 Å². The van der Waals surface area contributed by atoms with Crippen LogP contribution < -0.4 is 0 Å². The van der Waals surface area contributed by atoms with Crippen molar-refractivity contribution in [2.75, 3.05) is 13.1 Å². The number of amides is 1. The summed E-state index contributed by atoms with van der Waals surface area (Å²) in [6.07, 6.45) is 6.21. The van der Waals surface area contributed by atoms with Crippen LogP contribution >= 0.6 is 0 Å². The number of carbonyl (C=O) groups is 2. The number of benzene rings is 1.